The van der Waals surface area contributed by atoms with Crippen molar-refractivity contribution in [3.8, 4) is 0 Å². The first-order valence-corrected chi connectivity index (χ1v) is 7.80. The van der Waals surface area contributed by atoms with Crippen LogP contribution in [-0.2, 0) is 4.79 Å². The second-order valence-corrected chi connectivity index (χ2v) is 5.70. The molecule has 1 atom stereocenters. The van der Waals surface area contributed by atoms with E-state index in [-0.39, 0.29) is 11.9 Å². The fraction of sp³-hybridized carbons (Fsp3) is 0.158. The fourth-order valence-electron chi connectivity index (χ4n) is 3.00. The van der Waals surface area contributed by atoms with Gasteiger partial charge in [0.15, 0.2) is 0 Å². The summed E-state index contributed by atoms with van der Waals surface area (Å²) >= 11 is 0. The van der Waals surface area contributed by atoms with Crippen LogP contribution in [0.25, 0.3) is 10.9 Å². The highest BCUT2D eigenvalue weighted by Crippen LogP contribution is 2.23. The lowest BCUT2D eigenvalue weighted by Gasteiger charge is -2.17. The molecule has 23 heavy (non-hydrogen) atoms. The van der Waals surface area contributed by atoms with E-state index in [2.05, 4.69) is 10.3 Å². The van der Waals surface area contributed by atoms with Crippen molar-refractivity contribution in [1.82, 2.24) is 4.98 Å². The first kappa shape index (κ1) is 13.8. The Bertz CT molecular complexity index is 847. The highest BCUT2D eigenvalue weighted by atomic mass is 16.2. The van der Waals surface area contributed by atoms with Crippen molar-refractivity contribution in [1.29, 1.82) is 0 Å². The van der Waals surface area contributed by atoms with Crippen LogP contribution in [0.1, 0.15) is 6.42 Å². The summed E-state index contributed by atoms with van der Waals surface area (Å²) in [6, 6.07) is 21.5. The summed E-state index contributed by atoms with van der Waals surface area (Å²) < 4.78 is 0. The second-order valence-electron chi connectivity index (χ2n) is 5.70. The number of fused-ring (bicyclic) bond motifs is 1. The molecular weight excluding hydrogens is 286 g/mol. The fourth-order valence-corrected chi connectivity index (χ4v) is 3.00. The zero-order chi connectivity index (χ0) is 15.6. The van der Waals surface area contributed by atoms with Crippen molar-refractivity contribution in [2.75, 3.05) is 16.8 Å². The number of carbonyl (C=O) groups is 1. The van der Waals surface area contributed by atoms with Gasteiger partial charge in [0, 0.05) is 17.6 Å². The highest BCUT2D eigenvalue weighted by molar-refractivity contribution is 6.01. The van der Waals surface area contributed by atoms with Gasteiger partial charge in [0.05, 0.1) is 5.52 Å². The highest BCUT2D eigenvalue weighted by Gasteiger charge is 2.32. The van der Waals surface area contributed by atoms with Gasteiger partial charge in [-0.3, -0.25) is 4.79 Å². The molecule has 1 N–H and O–H groups in total. The Morgan fingerprint density at radius 2 is 1.74 bits per heavy atom. The summed E-state index contributed by atoms with van der Waals surface area (Å²) in [5.74, 6) is 0.850. The number of carbonyl (C=O) groups excluding carboxylic acids is 1. The molecule has 2 aromatic carbocycles. The number of nitrogens with one attached hydrogen (secondary N) is 1. The minimum Gasteiger partial charge on any atom is -0.358 e. The standard InChI is InChI=1S/C19H17N3O/c23-19-17(12-13-22(19)15-7-2-1-3-8-15)21-18-11-10-14-6-4-5-9-16(14)20-18/h1-11,17H,12-13H2,(H,20,21). The van der Waals surface area contributed by atoms with Crippen molar-refractivity contribution in [2.45, 2.75) is 12.5 Å². The molecule has 1 fully saturated rings. The number of hydrogen-bond acceptors (Lipinski definition) is 3. The van der Waals surface area contributed by atoms with Crippen LogP contribution < -0.4 is 10.2 Å². The van der Waals surface area contributed by atoms with Gasteiger partial charge in [-0.2, -0.15) is 0 Å². The number of aromatic nitrogens is 1. The summed E-state index contributed by atoms with van der Waals surface area (Å²) in [6.45, 7) is 0.730. The Morgan fingerprint density at radius 3 is 2.61 bits per heavy atom. The average molecular weight is 303 g/mol. The summed E-state index contributed by atoms with van der Waals surface area (Å²) in [7, 11) is 0. The van der Waals surface area contributed by atoms with Crippen molar-refractivity contribution in [2.24, 2.45) is 0 Å². The van der Waals surface area contributed by atoms with Gasteiger partial charge >= 0.3 is 0 Å². The monoisotopic (exact) mass is 303 g/mol. The van der Waals surface area contributed by atoms with Crippen LogP contribution in [-0.4, -0.2) is 23.5 Å². The van der Waals surface area contributed by atoms with Crippen LogP contribution in [0.2, 0.25) is 0 Å². The minimum absolute atomic E-state index is 0.103. The van der Waals surface area contributed by atoms with Gasteiger partial charge in [0.1, 0.15) is 11.9 Å². The van der Waals surface area contributed by atoms with Gasteiger partial charge in [-0.1, -0.05) is 36.4 Å². The number of nitrogens with zero attached hydrogens (tertiary/aromatic N) is 2. The maximum absolute atomic E-state index is 12.6. The third kappa shape index (κ3) is 2.63. The molecule has 1 aliphatic rings. The number of anilines is 2. The van der Waals surface area contributed by atoms with Crippen LogP contribution in [0, 0.1) is 0 Å². The Morgan fingerprint density at radius 1 is 0.957 bits per heavy atom. The van der Waals surface area contributed by atoms with E-state index in [4.69, 9.17) is 0 Å². The van der Waals surface area contributed by atoms with Crippen molar-refractivity contribution >= 4 is 28.3 Å². The molecule has 1 saturated heterocycles. The lowest BCUT2D eigenvalue weighted by atomic mass is 10.2. The quantitative estimate of drug-likeness (QED) is 0.806. The van der Waals surface area contributed by atoms with Gasteiger partial charge in [0.2, 0.25) is 5.91 Å². The summed E-state index contributed by atoms with van der Waals surface area (Å²) in [5, 5.41) is 4.38. The van der Waals surface area contributed by atoms with E-state index in [1.165, 1.54) is 0 Å². The molecule has 4 heteroatoms. The Labute approximate surface area is 134 Å². The molecule has 0 spiro atoms. The maximum atomic E-state index is 12.6. The van der Waals surface area contributed by atoms with E-state index in [9.17, 15) is 4.79 Å². The molecule has 1 unspecified atom stereocenters. The molecule has 1 aromatic heterocycles. The van der Waals surface area contributed by atoms with Crippen LogP contribution in [0.15, 0.2) is 66.7 Å². The van der Waals surface area contributed by atoms with E-state index < -0.39 is 0 Å². The van der Waals surface area contributed by atoms with Gasteiger partial charge in [-0.15, -0.1) is 0 Å². The Kier molecular flexibility index (Phi) is 3.42. The number of amides is 1. The molecule has 1 amide bonds. The summed E-state index contributed by atoms with van der Waals surface area (Å²) in [4.78, 5) is 19.0. The zero-order valence-electron chi connectivity index (χ0n) is 12.6. The molecule has 3 aromatic rings. The second kappa shape index (κ2) is 5.72. The largest absolute Gasteiger partial charge is 0.358 e. The average Bonchev–Trinajstić information content (AvgIpc) is 2.96. The van der Waals surface area contributed by atoms with Gasteiger partial charge in [-0.25, -0.2) is 4.98 Å². The van der Waals surface area contributed by atoms with Crippen molar-refractivity contribution in [3.05, 3.63) is 66.7 Å². The van der Waals surface area contributed by atoms with E-state index in [0.717, 1.165) is 35.4 Å². The topological polar surface area (TPSA) is 45.2 Å². The number of rotatable bonds is 3. The van der Waals surface area contributed by atoms with Gasteiger partial charge in [-0.05, 0) is 36.8 Å². The van der Waals surface area contributed by atoms with Gasteiger partial charge < -0.3 is 10.2 Å². The van der Waals surface area contributed by atoms with E-state index in [0.29, 0.717) is 0 Å². The lowest BCUT2D eigenvalue weighted by molar-refractivity contribution is -0.117. The first-order chi connectivity index (χ1) is 11.3. The molecule has 114 valence electrons. The molecule has 0 saturated carbocycles. The van der Waals surface area contributed by atoms with Crippen LogP contribution in [0.3, 0.4) is 0 Å². The molecular formula is C19H17N3O. The molecule has 0 radical (unpaired) electrons. The molecule has 0 bridgehead atoms. The number of hydrogen-bond donors (Lipinski definition) is 1. The van der Waals surface area contributed by atoms with Crippen molar-refractivity contribution in [3.63, 3.8) is 0 Å². The predicted molar refractivity (Wildman–Crippen MR) is 92.6 cm³/mol. The maximum Gasteiger partial charge on any atom is 0.249 e. The number of benzene rings is 2. The van der Waals surface area contributed by atoms with Crippen LogP contribution in [0.4, 0.5) is 11.5 Å². The first-order valence-electron chi connectivity index (χ1n) is 7.80. The third-order valence-corrected chi connectivity index (χ3v) is 4.19. The van der Waals surface area contributed by atoms with Crippen molar-refractivity contribution < 1.29 is 4.79 Å². The SMILES string of the molecule is O=C1C(Nc2ccc3ccccc3n2)CCN1c1ccccc1. The number of para-hydroxylation sites is 2. The van der Waals surface area contributed by atoms with E-state index in [1.807, 2.05) is 71.6 Å². The van der Waals surface area contributed by atoms with E-state index in [1.54, 1.807) is 0 Å². The zero-order valence-corrected chi connectivity index (χ0v) is 12.6. The molecule has 1 aliphatic heterocycles. The molecule has 0 aliphatic carbocycles. The van der Waals surface area contributed by atoms with Gasteiger partial charge in [0.25, 0.3) is 0 Å². The summed E-state index contributed by atoms with van der Waals surface area (Å²) in [5.41, 5.74) is 1.89. The van der Waals surface area contributed by atoms with Crippen LogP contribution in [0.5, 0.6) is 0 Å². The third-order valence-electron chi connectivity index (χ3n) is 4.19. The van der Waals surface area contributed by atoms with Crippen LogP contribution >= 0.6 is 0 Å². The molecule has 4 rings (SSSR count). The molecule has 2 heterocycles. The Balaban J connectivity index is 1.53. The predicted octanol–water partition coefficient (Wildman–Crippen LogP) is 3.45. The minimum atomic E-state index is -0.219. The Hall–Kier alpha value is -2.88. The number of pyridine rings is 1. The normalized spacial score (nSPS) is 17.7. The summed E-state index contributed by atoms with van der Waals surface area (Å²) in [6.07, 6.45) is 0.780. The molecule has 4 nitrogen and oxygen atoms in total. The van der Waals surface area contributed by atoms with E-state index >= 15 is 0 Å². The lowest BCUT2D eigenvalue weighted by Crippen LogP contribution is -2.33. The smallest absolute Gasteiger partial charge is 0.249 e.